The SMILES string of the molecule is CO[C@H]1CN(C(=O)CCCC(=O)NCCCOCCOCCOCCCNC(=O)CCCC[C@@H]2SC[C@@H]3NC(=O)N[C@@H]32)CCc2c(nnn2CCOCCN(C)C(C)C)[C@@H]1OC. The molecule has 4 heterocycles. The van der Waals surface area contributed by atoms with Crippen molar-refractivity contribution < 1.29 is 47.6 Å². The lowest BCUT2D eigenvalue weighted by molar-refractivity contribution is -0.135. The number of hydrogen-bond donors (Lipinski definition) is 4. The number of nitrogens with zero attached hydrogens (tertiary/aromatic N) is 5. The second-order valence-corrected chi connectivity index (χ2v) is 17.6. The quantitative estimate of drug-likeness (QED) is 0.0600. The van der Waals surface area contributed by atoms with E-state index in [0.29, 0.717) is 123 Å². The van der Waals surface area contributed by atoms with Gasteiger partial charge in [-0.1, -0.05) is 11.6 Å². The van der Waals surface area contributed by atoms with Gasteiger partial charge in [-0.05, 0) is 53.0 Å². The molecule has 0 unspecified atom stereocenters. The number of fused-ring (bicyclic) bond motifs is 2. The van der Waals surface area contributed by atoms with E-state index in [4.69, 9.17) is 28.4 Å². The average Bonchev–Trinajstić information content (AvgIpc) is 3.94. The van der Waals surface area contributed by atoms with E-state index in [1.807, 2.05) is 16.4 Å². The van der Waals surface area contributed by atoms with E-state index < -0.39 is 12.2 Å². The summed E-state index contributed by atoms with van der Waals surface area (Å²) in [6.45, 7) is 11.6. The van der Waals surface area contributed by atoms with Crippen molar-refractivity contribution >= 4 is 35.5 Å². The maximum atomic E-state index is 13.4. The van der Waals surface area contributed by atoms with Crippen LogP contribution in [0, 0.1) is 0 Å². The van der Waals surface area contributed by atoms with Crippen LogP contribution in [-0.2, 0) is 55.8 Å². The van der Waals surface area contributed by atoms with Gasteiger partial charge in [0.25, 0.3) is 0 Å². The van der Waals surface area contributed by atoms with E-state index in [2.05, 4.69) is 57.4 Å². The van der Waals surface area contributed by atoms with Crippen molar-refractivity contribution in [2.45, 2.75) is 120 Å². The van der Waals surface area contributed by atoms with Crippen molar-refractivity contribution in [3.05, 3.63) is 11.4 Å². The first-order chi connectivity index (χ1) is 30.1. The molecule has 1 aromatic heterocycles. The lowest BCUT2D eigenvalue weighted by Gasteiger charge is -2.33. The third-order valence-electron chi connectivity index (χ3n) is 11.5. The van der Waals surface area contributed by atoms with E-state index >= 15 is 0 Å². The number of carbonyl (C=O) groups excluding carboxylic acids is 4. The fourth-order valence-corrected chi connectivity index (χ4v) is 9.13. The summed E-state index contributed by atoms with van der Waals surface area (Å²) in [6, 6.07) is 0.846. The molecule has 1 aromatic rings. The summed E-state index contributed by atoms with van der Waals surface area (Å²) in [5.74, 6) is 0.896. The van der Waals surface area contributed by atoms with Crippen molar-refractivity contribution in [1.29, 1.82) is 0 Å². The molecule has 0 spiro atoms. The average molecular weight is 898 g/mol. The molecule has 0 radical (unpaired) electrons. The number of ether oxygens (including phenoxy) is 6. The molecular weight excluding hydrogens is 823 g/mol. The van der Waals surface area contributed by atoms with E-state index in [1.54, 1.807) is 19.1 Å². The molecular formula is C42H75N9O10S. The van der Waals surface area contributed by atoms with E-state index in [0.717, 1.165) is 49.4 Å². The predicted octanol–water partition coefficient (Wildman–Crippen LogP) is 1.68. The van der Waals surface area contributed by atoms with Crippen molar-refractivity contribution in [1.82, 2.24) is 46.1 Å². The molecule has 0 aliphatic carbocycles. The van der Waals surface area contributed by atoms with Gasteiger partial charge in [0.1, 0.15) is 17.9 Å². The van der Waals surface area contributed by atoms with Crippen LogP contribution in [0.3, 0.4) is 0 Å². The first-order valence-corrected chi connectivity index (χ1v) is 23.6. The molecule has 5 atom stereocenters. The fraction of sp³-hybridized carbons (Fsp3) is 0.857. The van der Waals surface area contributed by atoms with Gasteiger partial charge in [-0.15, -0.1) is 5.10 Å². The second kappa shape index (κ2) is 29.4. The molecule has 354 valence electrons. The zero-order chi connectivity index (χ0) is 44.5. The van der Waals surface area contributed by atoms with Gasteiger partial charge < -0.3 is 59.5 Å². The summed E-state index contributed by atoms with van der Waals surface area (Å²) in [5.41, 5.74) is 1.63. The second-order valence-electron chi connectivity index (χ2n) is 16.3. The minimum atomic E-state index is -0.480. The molecule has 0 saturated carbocycles. The molecule has 4 N–H and O–H groups in total. The monoisotopic (exact) mass is 898 g/mol. The highest BCUT2D eigenvalue weighted by Crippen LogP contribution is 2.33. The number of likely N-dealkylation sites (N-methyl/N-ethyl adjacent to an activating group) is 1. The van der Waals surface area contributed by atoms with E-state index in [9.17, 15) is 19.2 Å². The Kier molecular flexibility index (Phi) is 24.4. The Labute approximate surface area is 372 Å². The zero-order valence-corrected chi connectivity index (χ0v) is 38.7. The highest BCUT2D eigenvalue weighted by atomic mass is 32.2. The number of thioether (sulfide) groups is 1. The first-order valence-electron chi connectivity index (χ1n) is 22.6. The number of aromatic nitrogens is 3. The fourth-order valence-electron chi connectivity index (χ4n) is 7.59. The van der Waals surface area contributed by atoms with Crippen LogP contribution in [0.5, 0.6) is 0 Å². The first kappa shape index (κ1) is 51.5. The Morgan fingerprint density at radius 2 is 1.50 bits per heavy atom. The van der Waals surface area contributed by atoms with Crippen LogP contribution in [0.15, 0.2) is 0 Å². The Morgan fingerprint density at radius 3 is 2.16 bits per heavy atom. The maximum absolute atomic E-state index is 13.4. The summed E-state index contributed by atoms with van der Waals surface area (Å²) in [6.07, 6.45) is 5.38. The molecule has 3 aliphatic heterocycles. The normalized spacial score (nSPS) is 21.0. The molecule has 2 saturated heterocycles. The largest absolute Gasteiger partial charge is 0.379 e. The zero-order valence-electron chi connectivity index (χ0n) is 37.9. The Hall–Kier alpha value is -3.11. The summed E-state index contributed by atoms with van der Waals surface area (Å²) >= 11 is 1.90. The molecule has 3 aliphatic rings. The van der Waals surface area contributed by atoms with Crippen LogP contribution in [0.2, 0.25) is 0 Å². The van der Waals surface area contributed by atoms with Crippen LogP contribution in [-0.4, -0.2) is 191 Å². The molecule has 0 aromatic carbocycles. The van der Waals surface area contributed by atoms with Gasteiger partial charge in [-0.3, -0.25) is 14.4 Å². The number of carbonyl (C=O) groups is 4. The number of hydrogen-bond acceptors (Lipinski definition) is 14. The number of rotatable bonds is 32. The minimum absolute atomic E-state index is 0.0335. The smallest absolute Gasteiger partial charge is 0.315 e. The number of amides is 5. The Balaban J connectivity index is 0.945. The number of urea groups is 1. The minimum Gasteiger partial charge on any atom is -0.379 e. The lowest BCUT2D eigenvalue weighted by atomic mass is 10.0. The van der Waals surface area contributed by atoms with Gasteiger partial charge in [0, 0.05) is 103 Å². The highest BCUT2D eigenvalue weighted by molar-refractivity contribution is 8.00. The standard InChI is InChI=1S/C42H75N9O10S/c1-31(2)49(3)19-23-60-24-20-51-33-15-18-50(29-34(56-4)41(57-5)40(33)47-48-51)38(54)14-8-13-37(53)44-17-10-22-59-26-28-61-27-25-58-21-9-16-43-36(52)12-7-6-11-35-39-32(30-62-35)45-42(55)46-39/h31-32,34-35,39,41H,6-30H2,1-5H3,(H,43,52)(H,44,53)(H2,45,46,55)/t32-,34-,35-,39-,41+/m0/s1. The van der Waals surface area contributed by atoms with Crippen LogP contribution in [0.25, 0.3) is 0 Å². The van der Waals surface area contributed by atoms with Crippen LogP contribution in [0.4, 0.5) is 4.79 Å². The molecule has 62 heavy (non-hydrogen) atoms. The van der Waals surface area contributed by atoms with Gasteiger partial charge in [-0.2, -0.15) is 11.8 Å². The summed E-state index contributed by atoms with van der Waals surface area (Å²) < 4.78 is 36.1. The predicted molar refractivity (Wildman–Crippen MR) is 235 cm³/mol. The van der Waals surface area contributed by atoms with Crippen LogP contribution in [0.1, 0.15) is 89.1 Å². The van der Waals surface area contributed by atoms with E-state index in [-0.39, 0.29) is 48.7 Å². The number of unbranched alkanes of at least 4 members (excludes halogenated alkanes) is 1. The van der Waals surface area contributed by atoms with Gasteiger partial charge in [-0.25, -0.2) is 9.48 Å². The summed E-state index contributed by atoms with van der Waals surface area (Å²) in [5, 5.41) is 21.1. The molecule has 0 bridgehead atoms. The topological polar surface area (TPSA) is 209 Å². The molecule has 19 nitrogen and oxygen atoms in total. The van der Waals surface area contributed by atoms with Crippen LogP contribution < -0.4 is 21.3 Å². The van der Waals surface area contributed by atoms with Crippen molar-refractivity contribution in [2.24, 2.45) is 0 Å². The maximum Gasteiger partial charge on any atom is 0.315 e. The number of nitrogens with one attached hydrogen (secondary N) is 4. The lowest BCUT2D eigenvalue weighted by Crippen LogP contribution is -2.44. The summed E-state index contributed by atoms with van der Waals surface area (Å²) in [4.78, 5) is 53.5. The highest BCUT2D eigenvalue weighted by Gasteiger charge is 2.42. The third kappa shape index (κ3) is 18.2. The molecule has 4 rings (SSSR count). The summed E-state index contributed by atoms with van der Waals surface area (Å²) in [7, 11) is 5.30. The van der Waals surface area contributed by atoms with Crippen LogP contribution >= 0.6 is 11.8 Å². The van der Waals surface area contributed by atoms with Crippen molar-refractivity contribution in [2.75, 3.05) is 113 Å². The van der Waals surface area contributed by atoms with Gasteiger partial charge >= 0.3 is 6.03 Å². The Bertz CT molecular complexity index is 1480. The van der Waals surface area contributed by atoms with Gasteiger partial charge in [0.15, 0.2) is 0 Å². The van der Waals surface area contributed by atoms with Crippen molar-refractivity contribution in [3.63, 3.8) is 0 Å². The molecule has 2 fully saturated rings. The van der Waals surface area contributed by atoms with Crippen molar-refractivity contribution in [3.8, 4) is 0 Å². The molecule has 5 amide bonds. The van der Waals surface area contributed by atoms with Gasteiger partial charge in [0.2, 0.25) is 17.7 Å². The third-order valence-corrected chi connectivity index (χ3v) is 13.0. The molecule has 20 heteroatoms. The Morgan fingerprint density at radius 1 is 0.839 bits per heavy atom. The van der Waals surface area contributed by atoms with E-state index in [1.165, 1.54) is 0 Å². The number of methoxy groups -OCH3 is 2. The van der Waals surface area contributed by atoms with Gasteiger partial charge in [0.05, 0.1) is 64.0 Å².